The summed E-state index contributed by atoms with van der Waals surface area (Å²) in [5, 5.41) is 14.5. The van der Waals surface area contributed by atoms with Gasteiger partial charge in [0.15, 0.2) is 0 Å². The molecule has 7 nitrogen and oxygen atoms in total. The monoisotopic (exact) mass is 442 g/mol. The summed E-state index contributed by atoms with van der Waals surface area (Å²) >= 11 is 1.22. The second-order valence-corrected chi connectivity index (χ2v) is 7.96. The Bertz CT molecular complexity index is 1070. The molecule has 0 saturated heterocycles. The molecule has 2 aromatic carbocycles. The molecule has 0 radical (unpaired) electrons. The van der Waals surface area contributed by atoms with Crippen LogP contribution >= 0.6 is 11.3 Å². The third-order valence-electron chi connectivity index (χ3n) is 4.84. The van der Waals surface area contributed by atoms with Gasteiger partial charge in [0.2, 0.25) is 11.0 Å². The van der Waals surface area contributed by atoms with E-state index >= 15 is 0 Å². The molecule has 31 heavy (non-hydrogen) atoms. The smallest absolute Gasteiger partial charge is 0.252 e. The highest BCUT2D eigenvalue weighted by molar-refractivity contribution is 7.18. The second-order valence-electron chi connectivity index (χ2n) is 6.98. The van der Waals surface area contributed by atoms with E-state index in [-0.39, 0.29) is 11.5 Å². The first-order valence-electron chi connectivity index (χ1n) is 9.76. The van der Waals surface area contributed by atoms with Crippen molar-refractivity contribution in [3.8, 4) is 16.3 Å². The quantitative estimate of drug-likeness (QED) is 0.547. The lowest BCUT2D eigenvalue weighted by molar-refractivity contribution is -0.119. The summed E-state index contributed by atoms with van der Waals surface area (Å²) in [7, 11) is 1.58. The highest BCUT2D eigenvalue weighted by Crippen LogP contribution is 2.29. The number of carbonyl (C=O) groups excluding carboxylic acids is 2. The first kappa shape index (κ1) is 22.4. The largest absolute Gasteiger partial charge is 0.497 e. The van der Waals surface area contributed by atoms with Gasteiger partial charge in [-0.15, -0.1) is 10.2 Å². The number of hydrogen-bond donors (Lipinski definition) is 2. The molecular formula is C22H23FN4O3S. The highest BCUT2D eigenvalue weighted by atomic mass is 32.1. The number of benzene rings is 2. The van der Waals surface area contributed by atoms with Crippen LogP contribution in [0.4, 0.5) is 9.52 Å². The van der Waals surface area contributed by atoms with Crippen molar-refractivity contribution < 1.29 is 18.7 Å². The summed E-state index contributed by atoms with van der Waals surface area (Å²) in [6.07, 6.45) is 0.659. The molecule has 0 aliphatic carbocycles. The van der Waals surface area contributed by atoms with Gasteiger partial charge in [-0.25, -0.2) is 4.39 Å². The molecule has 2 N–H and O–H groups in total. The molecule has 0 spiro atoms. The summed E-state index contributed by atoms with van der Waals surface area (Å²) in [6.45, 7) is 3.78. The Labute approximate surface area is 183 Å². The molecule has 162 valence electrons. The van der Waals surface area contributed by atoms with E-state index in [0.29, 0.717) is 22.3 Å². The Balaban J connectivity index is 1.74. The van der Waals surface area contributed by atoms with Crippen molar-refractivity contribution in [3.05, 3.63) is 59.9 Å². The van der Waals surface area contributed by atoms with E-state index in [4.69, 9.17) is 4.74 Å². The van der Waals surface area contributed by atoms with Gasteiger partial charge >= 0.3 is 0 Å². The van der Waals surface area contributed by atoms with Crippen LogP contribution in [-0.4, -0.2) is 35.2 Å². The third kappa shape index (κ3) is 5.64. The zero-order chi connectivity index (χ0) is 22.4. The van der Waals surface area contributed by atoms with Gasteiger partial charge < -0.3 is 10.1 Å². The highest BCUT2D eigenvalue weighted by Gasteiger charge is 2.27. The minimum absolute atomic E-state index is 0.150. The molecule has 0 bridgehead atoms. The Morgan fingerprint density at radius 2 is 1.94 bits per heavy atom. The minimum Gasteiger partial charge on any atom is -0.497 e. The van der Waals surface area contributed by atoms with Gasteiger partial charge in [0.1, 0.15) is 22.6 Å². The van der Waals surface area contributed by atoms with Crippen LogP contribution in [0.3, 0.4) is 0 Å². The van der Waals surface area contributed by atoms with Crippen LogP contribution in [0.15, 0.2) is 48.5 Å². The van der Waals surface area contributed by atoms with Crippen LogP contribution in [0.5, 0.6) is 5.75 Å². The maximum absolute atomic E-state index is 13.4. The molecule has 1 aromatic heterocycles. The standard InChI is InChI=1S/C22H23FN4O3S/c1-4-13(2)18(24-19(28)14-7-5-9-16(23)11-14)20(29)25-22-27-26-21(31-22)15-8-6-10-17(12-15)30-3/h5-13,18H,4H2,1-3H3,(H,24,28)(H,25,27,29). The lowest BCUT2D eigenvalue weighted by atomic mass is 9.98. The Morgan fingerprint density at radius 1 is 1.16 bits per heavy atom. The SMILES string of the molecule is CCC(C)C(NC(=O)c1cccc(F)c1)C(=O)Nc1nnc(-c2cccc(OC)c2)s1. The van der Waals surface area contributed by atoms with Gasteiger partial charge in [0.05, 0.1) is 7.11 Å². The summed E-state index contributed by atoms with van der Waals surface area (Å²) < 4.78 is 18.7. The number of nitrogens with one attached hydrogen (secondary N) is 2. The van der Waals surface area contributed by atoms with Crippen molar-refractivity contribution in [1.29, 1.82) is 0 Å². The van der Waals surface area contributed by atoms with Gasteiger partial charge in [-0.3, -0.25) is 14.9 Å². The fourth-order valence-corrected chi connectivity index (χ4v) is 3.63. The van der Waals surface area contributed by atoms with Gasteiger partial charge in [-0.05, 0) is 36.2 Å². The van der Waals surface area contributed by atoms with Crippen molar-refractivity contribution in [2.24, 2.45) is 5.92 Å². The van der Waals surface area contributed by atoms with E-state index in [0.717, 1.165) is 11.6 Å². The molecule has 0 saturated carbocycles. The molecule has 9 heteroatoms. The zero-order valence-corrected chi connectivity index (χ0v) is 18.2. The predicted octanol–water partition coefficient (Wildman–Crippen LogP) is 4.14. The normalized spacial score (nSPS) is 12.6. The number of nitrogens with zero attached hydrogens (tertiary/aromatic N) is 2. The molecule has 0 fully saturated rings. The van der Waals surface area contributed by atoms with Gasteiger partial charge in [-0.1, -0.05) is 49.8 Å². The summed E-state index contributed by atoms with van der Waals surface area (Å²) in [4.78, 5) is 25.5. The average molecular weight is 443 g/mol. The first-order valence-corrected chi connectivity index (χ1v) is 10.6. The maximum Gasteiger partial charge on any atom is 0.252 e. The van der Waals surface area contributed by atoms with Gasteiger partial charge in [-0.2, -0.15) is 0 Å². The summed E-state index contributed by atoms with van der Waals surface area (Å²) in [5.41, 5.74) is 0.965. The number of methoxy groups -OCH3 is 1. The van der Waals surface area contributed by atoms with Crippen LogP contribution in [0.1, 0.15) is 30.6 Å². The molecule has 2 atom stereocenters. The number of halogens is 1. The van der Waals surface area contributed by atoms with Gasteiger partial charge in [0, 0.05) is 11.1 Å². The van der Waals surface area contributed by atoms with Crippen LogP contribution in [0.25, 0.3) is 10.6 Å². The van der Waals surface area contributed by atoms with Crippen molar-refractivity contribution in [1.82, 2.24) is 15.5 Å². The summed E-state index contributed by atoms with van der Waals surface area (Å²) in [6, 6.07) is 11.9. The fraction of sp³-hybridized carbons (Fsp3) is 0.273. The molecular weight excluding hydrogens is 419 g/mol. The van der Waals surface area contributed by atoms with E-state index in [2.05, 4.69) is 20.8 Å². The van der Waals surface area contributed by atoms with E-state index in [1.165, 1.54) is 29.5 Å². The van der Waals surface area contributed by atoms with Crippen LogP contribution < -0.4 is 15.4 Å². The van der Waals surface area contributed by atoms with Crippen LogP contribution in [0.2, 0.25) is 0 Å². The summed E-state index contributed by atoms with van der Waals surface area (Å²) in [5.74, 6) is -0.906. The number of amides is 2. The van der Waals surface area contributed by atoms with Crippen LogP contribution in [-0.2, 0) is 4.79 Å². The first-order chi connectivity index (χ1) is 14.9. The van der Waals surface area contributed by atoms with E-state index in [9.17, 15) is 14.0 Å². The van der Waals surface area contributed by atoms with Crippen molar-refractivity contribution in [3.63, 3.8) is 0 Å². The van der Waals surface area contributed by atoms with E-state index in [1.54, 1.807) is 7.11 Å². The van der Waals surface area contributed by atoms with Crippen molar-refractivity contribution >= 4 is 28.3 Å². The zero-order valence-electron chi connectivity index (χ0n) is 17.4. The molecule has 3 aromatic rings. The number of aromatic nitrogens is 2. The molecule has 2 unspecified atom stereocenters. The lowest BCUT2D eigenvalue weighted by Crippen LogP contribution is -2.47. The molecule has 1 heterocycles. The van der Waals surface area contributed by atoms with E-state index < -0.39 is 23.7 Å². The molecule has 0 aliphatic heterocycles. The van der Waals surface area contributed by atoms with Crippen molar-refractivity contribution in [2.45, 2.75) is 26.3 Å². The topological polar surface area (TPSA) is 93.2 Å². The third-order valence-corrected chi connectivity index (χ3v) is 5.73. The lowest BCUT2D eigenvalue weighted by Gasteiger charge is -2.23. The second kappa shape index (κ2) is 10.1. The fourth-order valence-electron chi connectivity index (χ4n) is 2.89. The minimum atomic E-state index is -0.815. The number of carbonyl (C=O) groups is 2. The number of anilines is 1. The Hall–Kier alpha value is -3.33. The number of hydrogen-bond acceptors (Lipinski definition) is 6. The molecule has 0 aliphatic rings. The molecule has 3 rings (SSSR count). The Kier molecular flexibility index (Phi) is 7.30. The number of ether oxygens (including phenoxy) is 1. The average Bonchev–Trinajstić information content (AvgIpc) is 3.25. The maximum atomic E-state index is 13.4. The molecule has 2 amide bonds. The predicted molar refractivity (Wildman–Crippen MR) is 118 cm³/mol. The van der Waals surface area contributed by atoms with E-state index in [1.807, 2.05) is 38.1 Å². The number of rotatable bonds is 8. The van der Waals surface area contributed by atoms with Crippen LogP contribution in [0, 0.1) is 11.7 Å². The Morgan fingerprint density at radius 3 is 2.65 bits per heavy atom. The van der Waals surface area contributed by atoms with Crippen molar-refractivity contribution in [2.75, 3.05) is 12.4 Å². The van der Waals surface area contributed by atoms with Gasteiger partial charge in [0.25, 0.3) is 5.91 Å².